The molecule has 1 amide bonds. The molecule has 0 saturated heterocycles. The largest absolute Gasteiger partial charge is 0.345 e. The molecular weight excluding hydrogens is 226 g/mol. The van der Waals surface area contributed by atoms with Crippen LogP contribution in [-0.2, 0) is 6.54 Å². The van der Waals surface area contributed by atoms with Gasteiger partial charge in [-0.05, 0) is 33.8 Å². The molecule has 1 heterocycles. The summed E-state index contributed by atoms with van der Waals surface area (Å²) in [5.41, 5.74) is 1.02. The Balaban J connectivity index is 2.88. The molecule has 1 N–H and O–H groups in total. The van der Waals surface area contributed by atoms with Crippen molar-refractivity contribution in [2.24, 2.45) is 0 Å². The van der Waals surface area contributed by atoms with E-state index in [1.54, 1.807) is 10.7 Å². The summed E-state index contributed by atoms with van der Waals surface area (Å²) in [6.45, 7) is 8.28. The minimum Gasteiger partial charge on any atom is -0.345 e. The van der Waals surface area contributed by atoms with E-state index in [2.05, 4.69) is 10.4 Å². The third-order valence-electron chi connectivity index (χ3n) is 2.22. The van der Waals surface area contributed by atoms with E-state index in [0.29, 0.717) is 18.1 Å². The zero-order valence-corrected chi connectivity index (χ0v) is 10.9. The van der Waals surface area contributed by atoms with E-state index in [9.17, 15) is 4.79 Å². The minimum absolute atomic E-state index is 0.131. The molecule has 0 unspecified atom stereocenters. The summed E-state index contributed by atoms with van der Waals surface area (Å²) in [7, 11) is 0. The van der Waals surface area contributed by atoms with Crippen LogP contribution in [0.3, 0.4) is 0 Å². The van der Waals surface area contributed by atoms with E-state index in [4.69, 9.17) is 11.6 Å². The first-order chi connectivity index (χ1) is 7.39. The highest BCUT2D eigenvalue weighted by atomic mass is 35.5. The van der Waals surface area contributed by atoms with Gasteiger partial charge in [-0.1, -0.05) is 0 Å². The molecule has 0 aliphatic carbocycles. The second-order valence-electron chi connectivity index (χ2n) is 4.46. The van der Waals surface area contributed by atoms with Gasteiger partial charge in [-0.15, -0.1) is 11.6 Å². The van der Waals surface area contributed by atoms with Crippen LogP contribution in [0.2, 0.25) is 0 Å². The lowest BCUT2D eigenvalue weighted by molar-refractivity contribution is 0.0909. The van der Waals surface area contributed by atoms with Gasteiger partial charge in [-0.2, -0.15) is 5.10 Å². The number of carbonyl (C=O) groups excluding carboxylic acids is 1. The van der Waals surface area contributed by atoms with Crippen LogP contribution < -0.4 is 5.32 Å². The van der Waals surface area contributed by atoms with Crippen molar-refractivity contribution in [2.75, 3.05) is 5.88 Å². The SMILES string of the molecule is CCn1nc(C)cc1C(=O)NC(C)(C)CCl. The zero-order chi connectivity index (χ0) is 12.3. The molecular formula is C11H18ClN3O. The van der Waals surface area contributed by atoms with Crippen molar-refractivity contribution in [3.63, 3.8) is 0 Å². The Morgan fingerprint density at radius 1 is 1.62 bits per heavy atom. The average Bonchev–Trinajstić information content (AvgIpc) is 2.59. The Labute approximate surface area is 101 Å². The van der Waals surface area contributed by atoms with Crippen molar-refractivity contribution in [1.29, 1.82) is 0 Å². The van der Waals surface area contributed by atoms with Crippen molar-refractivity contribution >= 4 is 17.5 Å². The molecule has 0 aromatic carbocycles. The number of carbonyl (C=O) groups is 1. The fourth-order valence-electron chi connectivity index (χ4n) is 1.37. The second-order valence-corrected chi connectivity index (χ2v) is 4.73. The molecule has 90 valence electrons. The summed E-state index contributed by atoms with van der Waals surface area (Å²) in [4.78, 5) is 12.0. The van der Waals surface area contributed by atoms with E-state index >= 15 is 0 Å². The van der Waals surface area contributed by atoms with Crippen molar-refractivity contribution in [3.05, 3.63) is 17.5 Å². The second kappa shape index (κ2) is 4.87. The Morgan fingerprint density at radius 3 is 2.75 bits per heavy atom. The molecule has 1 aromatic heterocycles. The number of nitrogens with one attached hydrogen (secondary N) is 1. The number of halogens is 1. The number of hydrogen-bond donors (Lipinski definition) is 1. The lowest BCUT2D eigenvalue weighted by atomic mass is 10.1. The molecule has 0 atom stereocenters. The first-order valence-corrected chi connectivity index (χ1v) is 5.86. The monoisotopic (exact) mass is 243 g/mol. The summed E-state index contributed by atoms with van der Waals surface area (Å²) in [5, 5.41) is 7.11. The lowest BCUT2D eigenvalue weighted by Crippen LogP contribution is -2.45. The summed E-state index contributed by atoms with van der Waals surface area (Å²) < 4.78 is 1.69. The first kappa shape index (κ1) is 13.0. The number of nitrogens with zero attached hydrogens (tertiary/aromatic N) is 2. The van der Waals surface area contributed by atoms with Gasteiger partial charge in [0.25, 0.3) is 5.91 Å². The summed E-state index contributed by atoms with van der Waals surface area (Å²) in [5.74, 6) is 0.242. The minimum atomic E-state index is -0.407. The Morgan fingerprint density at radius 2 is 2.25 bits per heavy atom. The third-order valence-corrected chi connectivity index (χ3v) is 2.89. The van der Waals surface area contributed by atoms with Gasteiger partial charge in [0.05, 0.1) is 5.69 Å². The molecule has 5 heteroatoms. The van der Waals surface area contributed by atoms with Crippen molar-refractivity contribution < 1.29 is 4.79 Å². The van der Waals surface area contributed by atoms with E-state index in [0.717, 1.165) is 5.69 Å². The highest BCUT2D eigenvalue weighted by Crippen LogP contribution is 2.09. The normalized spacial score (nSPS) is 11.6. The van der Waals surface area contributed by atoms with Gasteiger partial charge in [0.15, 0.2) is 0 Å². The topological polar surface area (TPSA) is 46.9 Å². The van der Waals surface area contributed by atoms with Crippen LogP contribution in [0.5, 0.6) is 0 Å². The molecule has 0 aliphatic heterocycles. The standard InChI is InChI=1S/C11H18ClN3O/c1-5-15-9(6-8(2)14-15)10(16)13-11(3,4)7-12/h6H,5,7H2,1-4H3,(H,13,16). The summed E-state index contributed by atoms with van der Waals surface area (Å²) in [6.07, 6.45) is 0. The molecule has 0 aliphatic rings. The van der Waals surface area contributed by atoms with Gasteiger partial charge in [-0.3, -0.25) is 9.48 Å². The predicted molar refractivity (Wildman–Crippen MR) is 64.9 cm³/mol. The smallest absolute Gasteiger partial charge is 0.270 e. The molecule has 4 nitrogen and oxygen atoms in total. The van der Waals surface area contributed by atoms with Crippen molar-refractivity contribution in [3.8, 4) is 0 Å². The van der Waals surface area contributed by atoms with E-state index in [1.807, 2.05) is 27.7 Å². The maximum absolute atomic E-state index is 12.0. The van der Waals surface area contributed by atoms with Crippen LogP contribution in [0, 0.1) is 6.92 Å². The van der Waals surface area contributed by atoms with Gasteiger partial charge in [-0.25, -0.2) is 0 Å². The Bertz CT molecular complexity index is 385. The number of alkyl halides is 1. The van der Waals surface area contributed by atoms with Gasteiger partial charge in [0, 0.05) is 18.0 Å². The quantitative estimate of drug-likeness (QED) is 0.822. The maximum Gasteiger partial charge on any atom is 0.270 e. The molecule has 16 heavy (non-hydrogen) atoms. The summed E-state index contributed by atoms with van der Waals surface area (Å²) in [6, 6.07) is 1.78. The van der Waals surface area contributed by atoms with Gasteiger partial charge < -0.3 is 5.32 Å². The van der Waals surface area contributed by atoms with Crippen molar-refractivity contribution in [1.82, 2.24) is 15.1 Å². The van der Waals surface area contributed by atoms with E-state index in [1.165, 1.54) is 0 Å². The van der Waals surface area contributed by atoms with Gasteiger partial charge in [0.2, 0.25) is 0 Å². The first-order valence-electron chi connectivity index (χ1n) is 5.32. The Hall–Kier alpha value is -1.03. The molecule has 0 radical (unpaired) electrons. The highest BCUT2D eigenvalue weighted by molar-refractivity contribution is 6.18. The number of aromatic nitrogens is 2. The Kier molecular flexibility index (Phi) is 3.97. The van der Waals surface area contributed by atoms with Crippen LogP contribution in [0.25, 0.3) is 0 Å². The summed E-state index contributed by atoms with van der Waals surface area (Å²) >= 11 is 5.77. The molecule has 0 bridgehead atoms. The fourth-order valence-corrected chi connectivity index (χ4v) is 1.44. The highest BCUT2D eigenvalue weighted by Gasteiger charge is 2.22. The van der Waals surface area contributed by atoms with Crippen molar-refractivity contribution in [2.45, 2.75) is 39.8 Å². The average molecular weight is 244 g/mol. The van der Waals surface area contributed by atoms with E-state index < -0.39 is 5.54 Å². The van der Waals surface area contributed by atoms with Crippen LogP contribution in [0.1, 0.15) is 37.0 Å². The van der Waals surface area contributed by atoms with Gasteiger partial charge >= 0.3 is 0 Å². The molecule has 0 spiro atoms. The number of amides is 1. The molecule has 0 saturated carbocycles. The number of aryl methyl sites for hydroxylation is 2. The van der Waals surface area contributed by atoms with Crippen LogP contribution >= 0.6 is 11.6 Å². The van der Waals surface area contributed by atoms with Gasteiger partial charge in [0.1, 0.15) is 5.69 Å². The van der Waals surface area contributed by atoms with Crippen LogP contribution in [0.4, 0.5) is 0 Å². The zero-order valence-electron chi connectivity index (χ0n) is 10.2. The number of hydrogen-bond acceptors (Lipinski definition) is 2. The maximum atomic E-state index is 12.0. The number of rotatable bonds is 4. The molecule has 0 fully saturated rings. The lowest BCUT2D eigenvalue weighted by Gasteiger charge is -2.23. The predicted octanol–water partition coefficient (Wildman–Crippen LogP) is 1.96. The van der Waals surface area contributed by atoms with E-state index in [-0.39, 0.29) is 5.91 Å². The molecule has 1 rings (SSSR count). The molecule has 1 aromatic rings. The van der Waals surface area contributed by atoms with Crippen LogP contribution in [-0.4, -0.2) is 27.1 Å². The third kappa shape index (κ3) is 2.98. The van der Waals surface area contributed by atoms with Crippen LogP contribution in [0.15, 0.2) is 6.07 Å². The fraction of sp³-hybridized carbons (Fsp3) is 0.636.